The minimum absolute atomic E-state index is 0.0336. The number of nitrogens with zero attached hydrogens (tertiary/aromatic N) is 2. The highest BCUT2D eigenvalue weighted by Crippen LogP contribution is 2.31. The Morgan fingerprint density at radius 1 is 1.50 bits per heavy atom. The normalized spacial score (nSPS) is 27.4. The van der Waals surface area contributed by atoms with Crippen LogP contribution < -0.4 is 5.32 Å². The summed E-state index contributed by atoms with van der Waals surface area (Å²) in [6.45, 7) is 2.77. The molecule has 110 valence electrons. The van der Waals surface area contributed by atoms with E-state index < -0.39 is 10.0 Å². The summed E-state index contributed by atoms with van der Waals surface area (Å²) in [5.74, 6) is 0.401. The number of carbonyl (C=O) groups is 1. The van der Waals surface area contributed by atoms with E-state index in [-0.39, 0.29) is 22.9 Å². The fourth-order valence-corrected chi connectivity index (χ4v) is 4.62. The van der Waals surface area contributed by atoms with E-state index in [0.29, 0.717) is 31.8 Å². The Bertz CT molecular complexity index is 624. The van der Waals surface area contributed by atoms with Gasteiger partial charge in [-0.1, -0.05) is 6.92 Å². The molecule has 2 aliphatic heterocycles. The van der Waals surface area contributed by atoms with E-state index in [2.05, 4.69) is 15.3 Å². The molecule has 0 spiro atoms. The number of piperidine rings is 1. The van der Waals surface area contributed by atoms with Crippen molar-refractivity contribution in [3.63, 3.8) is 0 Å². The fraction of sp³-hybridized carbons (Fsp3) is 0.667. The molecule has 7 nitrogen and oxygen atoms in total. The topological polar surface area (TPSA) is 95.2 Å². The lowest BCUT2D eigenvalue weighted by atomic mass is 9.93. The largest absolute Gasteiger partial charge is 0.354 e. The highest BCUT2D eigenvalue weighted by molar-refractivity contribution is 7.89. The molecular weight excluding hydrogens is 280 g/mol. The summed E-state index contributed by atoms with van der Waals surface area (Å²) in [7, 11) is -3.61. The van der Waals surface area contributed by atoms with Crippen LogP contribution in [-0.4, -0.2) is 47.7 Å². The maximum Gasteiger partial charge on any atom is 0.260 e. The first-order chi connectivity index (χ1) is 9.54. The van der Waals surface area contributed by atoms with Gasteiger partial charge in [0.05, 0.1) is 18.2 Å². The molecule has 2 fully saturated rings. The number of hydrogen-bond donors (Lipinski definition) is 2. The van der Waals surface area contributed by atoms with Gasteiger partial charge in [-0.2, -0.15) is 4.31 Å². The number of nitrogens with one attached hydrogen (secondary N) is 2. The first kappa shape index (κ1) is 13.6. The van der Waals surface area contributed by atoms with Gasteiger partial charge >= 0.3 is 0 Å². The smallest absolute Gasteiger partial charge is 0.260 e. The monoisotopic (exact) mass is 298 g/mol. The van der Waals surface area contributed by atoms with Crippen LogP contribution >= 0.6 is 0 Å². The number of aromatic amines is 1. The Hall–Kier alpha value is -1.41. The average Bonchev–Trinajstić information content (AvgIpc) is 3.06. The molecule has 2 aliphatic rings. The van der Waals surface area contributed by atoms with Crippen LogP contribution in [0.3, 0.4) is 0 Å². The van der Waals surface area contributed by atoms with Gasteiger partial charge in [-0.25, -0.2) is 13.4 Å². The van der Waals surface area contributed by atoms with Gasteiger partial charge in [0.2, 0.25) is 5.91 Å². The number of rotatable bonds is 3. The van der Waals surface area contributed by atoms with Crippen molar-refractivity contribution >= 4 is 15.9 Å². The fourth-order valence-electron chi connectivity index (χ4n) is 2.99. The zero-order valence-corrected chi connectivity index (χ0v) is 12.1. The van der Waals surface area contributed by atoms with Crippen molar-refractivity contribution in [1.29, 1.82) is 0 Å². The lowest BCUT2D eigenvalue weighted by molar-refractivity contribution is -0.123. The van der Waals surface area contributed by atoms with Crippen molar-refractivity contribution in [2.24, 2.45) is 5.92 Å². The highest BCUT2D eigenvalue weighted by Gasteiger charge is 2.46. The zero-order chi connectivity index (χ0) is 14.3. The van der Waals surface area contributed by atoms with Gasteiger partial charge in [0.15, 0.2) is 5.03 Å². The molecule has 8 heteroatoms. The average molecular weight is 298 g/mol. The van der Waals surface area contributed by atoms with E-state index in [9.17, 15) is 13.2 Å². The standard InChI is InChI=1S/C12H18N4O3S/c1-2-10-13-7-11(15-10)20(18,19)16-5-3-4-8-9(16)6-14-12(8)17/h7-9H,2-6H2,1H3,(H,13,15)(H,14,17). The van der Waals surface area contributed by atoms with Crippen LogP contribution in [0.2, 0.25) is 0 Å². The lowest BCUT2D eigenvalue weighted by Crippen LogP contribution is -2.48. The zero-order valence-electron chi connectivity index (χ0n) is 11.3. The van der Waals surface area contributed by atoms with Crippen LogP contribution in [0.4, 0.5) is 0 Å². The summed E-state index contributed by atoms with van der Waals surface area (Å²) in [5.41, 5.74) is 0. The van der Waals surface area contributed by atoms with Gasteiger partial charge in [0, 0.05) is 19.5 Å². The van der Waals surface area contributed by atoms with Crippen LogP contribution in [0.5, 0.6) is 0 Å². The van der Waals surface area contributed by atoms with Gasteiger partial charge in [-0.05, 0) is 12.8 Å². The number of carbonyl (C=O) groups excluding carboxylic acids is 1. The molecule has 2 saturated heterocycles. The van der Waals surface area contributed by atoms with Crippen molar-refractivity contribution in [3.8, 4) is 0 Å². The van der Waals surface area contributed by atoms with E-state index >= 15 is 0 Å². The predicted octanol–water partition coefficient (Wildman–Crippen LogP) is -0.129. The van der Waals surface area contributed by atoms with Crippen LogP contribution in [0.15, 0.2) is 11.2 Å². The molecule has 2 unspecified atom stereocenters. The summed E-state index contributed by atoms with van der Waals surface area (Å²) in [5, 5.41) is 2.88. The molecule has 2 N–H and O–H groups in total. The third-order valence-corrected chi connectivity index (χ3v) is 5.91. The first-order valence-corrected chi connectivity index (χ1v) is 8.31. The molecule has 2 atom stereocenters. The van der Waals surface area contributed by atoms with E-state index in [1.54, 1.807) is 0 Å². The molecule has 0 radical (unpaired) electrons. The lowest BCUT2D eigenvalue weighted by Gasteiger charge is -2.34. The number of fused-ring (bicyclic) bond motifs is 1. The highest BCUT2D eigenvalue weighted by atomic mass is 32.2. The van der Waals surface area contributed by atoms with Crippen LogP contribution in [-0.2, 0) is 21.2 Å². The summed E-state index contributed by atoms with van der Waals surface area (Å²) in [6, 6.07) is -0.269. The minimum atomic E-state index is -3.61. The maximum absolute atomic E-state index is 12.7. The number of H-pyrrole nitrogens is 1. The van der Waals surface area contributed by atoms with E-state index in [4.69, 9.17) is 0 Å². The quantitative estimate of drug-likeness (QED) is 0.812. The van der Waals surface area contributed by atoms with Crippen molar-refractivity contribution in [2.45, 2.75) is 37.3 Å². The number of imidazole rings is 1. The summed E-state index contributed by atoms with van der Waals surface area (Å²) >= 11 is 0. The maximum atomic E-state index is 12.7. The molecule has 1 amide bonds. The second-order valence-corrected chi connectivity index (χ2v) is 7.08. The summed E-state index contributed by atoms with van der Waals surface area (Å²) in [6.07, 6.45) is 3.48. The molecule has 1 aromatic rings. The Labute approximate surface area is 117 Å². The molecule has 0 aromatic carbocycles. The molecule has 3 heterocycles. The van der Waals surface area contributed by atoms with E-state index in [1.807, 2.05) is 6.92 Å². The Kier molecular flexibility index (Phi) is 3.29. The second-order valence-electron chi connectivity index (χ2n) is 5.22. The number of aromatic nitrogens is 2. The number of sulfonamides is 1. The van der Waals surface area contributed by atoms with Gasteiger partial charge in [0.1, 0.15) is 5.82 Å². The van der Waals surface area contributed by atoms with Gasteiger partial charge in [0.25, 0.3) is 10.0 Å². The predicted molar refractivity (Wildman–Crippen MR) is 71.4 cm³/mol. The molecule has 0 bridgehead atoms. The van der Waals surface area contributed by atoms with Crippen molar-refractivity contribution < 1.29 is 13.2 Å². The Balaban J connectivity index is 1.92. The Morgan fingerprint density at radius 2 is 2.30 bits per heavy atom. The van der Waals surface area contributed by atoms with Crippen molar-refractivity contribution in [2.75, 3.05) is 13.1 Å². The SMILES string of the molecule is CCc1ncc(S(=O)(=O)N2CCCC3C(=O)NCC32)[nH]1. The van der Waals surface area contributed by atoms with E-state index in [0.717, 1.165) is 6.42 Å². The molecule has 0 saturated carbocycles. The minimum Gasteiger partial charge on any atom is -0.354 e. The van der Waals surface area contributed by atoms with Crippen LogP contribution in [0.25, 0.3) is 0 Å². The molecule has 3 rings (SSSR count). The molecular formula is C12H18N4O3S. The Morgan fingerprint density at radius 3 is 3.00 bits per heavy atom. The number of hydrogen-bond acceptors (Lipinski definition) is 4. The number of amides is 1. The van der Waals surface area contributed by atoms with Crippen molar-refractivity contribution in [3.05, 3.63) is 12.0 Å². The van der Waals surface area contributed by atoms with E-state index in [1.165, 1.54) is 10.5 Å². The summed E-state index contributed by atoms with van der Waals surface area (Å²) in [4.78, 5) is 18.6. The molecule has 1 aromatic heterocycles. The van der Waals surface area contributed by atoms with Gasteiger partial charge in [-0.3, -0.25) is 4.79 Å². The van der Waals surface area contributed by atoms with Gasteiger partial charge in [-0.15, -0.1) is 0 Å². The van der Waals surface area contributed by atoms with Crippen LogP contribution in [0, 0.1) is 5.92 Å². The van der Waals surface area contributed by atoms with Crippen molar-refractivity contribution in [1.82, 2.24) is 19.6 Å². The summed E-state index contributed by atoms with van der Waals surface area (Å²) < 4.78 is 26.8. The van der Waals surface area contributed by atoms with Gasteiger partial charge < -0.3 is 10.3 Å². The molecule has 0 aliphatic carbocycles. The second kappa shape index (κ2) is 4.85. The van der Waals surface area contributed by atoms with Crippen LogP contribution in [0.1, 0.15) is 25.6 Å². The first-order valence-electron chi connectivity index (χ1n) is 6.87. The third-order valence-electron chi connectivity index (χ3n) is 4.08. The third kappa shape index (κ3) is 2.03. The molecule has 20 heavy (non-hydrogen) atoms. The number of aryl methyl sites for hydroxylation is 1.